The van der Waals surface area contributed by atoms with Crippen LogP contribution >= 0.6 is 11.8 Å². The fourth-order valence-corrected chi connectivity index (χ4v) is 3.72. The van der Waals surface area contributed by atoms with Gasteiger partial charge in [0.2, 0.25) is 5.91 Å². The Kier molecular flexibility index (Phi) is 3.80. The van der Waals surface area contributed by atoms with E-state index in [0.717, 1.165) is 25.9 Å². The summed E-state index contributed by atoms with van der Waals surface area (Å²) in [5, 5.41) is 6.37. The predicted molar refractivity (Wildman–Crippen MR) is 78.3 cm³/mol. The highest BCUT2D eigenvalue weighted by Gasteiger charge is 2.44. The molecule has 1 aromatic rings. The summed E-state index contributed by atoms with van der Waals surface area (Å²) in [7, 11) is 0. The lowest BCUT2D eigenvalue weighted by atomic mass is 10.2. The highest BCUT2D eigenvalue weighted by Crippen LogP contribution is 2.51. The normalized spacial score (nSPS) is 24.1. The summed E-state index contributed by atoms with van der Waals surface area (Å²) in [6.07, 6.45) is 4.49. The minimum atomic E-state index is 0.0394. The van der Waals surface area contributed by atoms with Crippen LogP contribution in [0.4, 0.5) is 0 Å². The van der Waals surface area contributed by atoms with Crippen LogP contribution in [0.5, 0.6) is 0 Å². The van der Waals surface area contributed by atoms with Crippen LogP contribution < -0.4 is 10.6 Å². The van der Waals surface area contributed by atoms with Crippen molar-refractivity contribution >= 4 is 17.7 Å². The third-order valence-corrected chi connectivity index (χ3v) is 5.34. The van der Waals surface area contributed by atoms with Gasteiger partial charge in [-0.3, -0.25) is 4.79 Å². The van der Waals surface area contributed by atoms with Gasteiger partial charge in [0, 0.05) is 16.2 Å². The van der Waals surface area contributed by atoms with E-state index in [4.69, 9.17) is 0 Å². The summed E-state index contributed by atoms with van der Waals surface area (Å²) in [5.74, 6) is 0.178. The number of rotatable bonds is 5. The van der Waals surface area contributed by atoms with Crippen molar-refractivity contribution in [2.24, 2.45) is 0 Å². The predicted octanol–water partition coefficient (Wildman–Crippen LogP) is 2.18. The second kappa shape index (κ2) is 5.55. The molecule has 3 rings (SSSR count). The van der Waals surface area contributed by atoms with E-state index in [1.54, 1.807) is 0 Å². The van der Waals surface area contributed by atoms with Gasteiger partial charge in [-0.15, -0.1) is 11.8 Å². The Morgan fingerprint density at radius 1 is 1.37 bits per heavy atom. The highest BCUT2D eigenvalue weighted by atomic mass is 32.2. The van der Waals surface area contributed by atoms with Crippen LogP contribution in [-0.2, 0) is 4.79 Å². The topological polar surface area (TPSA) is 41.1 Å². The first-order valence-electron chi connectivity index (χ1n) is 7.03. The van der Waals surface area contributed by atoms with Crippen LogP contribution in [0.15, 0.2) is 35.2 Å². The average Bonchev–Trinajstić information content (AvgIpc) is 2.99. The van der Waals surface area contributed by atoms with Gasteiger partial charge in [0.25, 0.3) is 0 Å². The van der Waals surface area contributed by atoms with E-state index in [9.17, 15) is 4.79 Å². The van der Waals surface area contributed by atoms with Gasteiger partial charge >= 0.3 is 0 Å². The smallest absolute Gasteiger partial charge is 0.237 e. The van der Waals surface area contributed by atoms with Gasteiger partial charge in [0.15, 0.2) is 0 Å². The molecule has 4 heteroatoms. The maximum Gasteiger partial charge on any atom is 0.237 e. The standard InChI is InChI=1S/C15H20N2OS/c18-14(13-7-4-10-16-13)17-11-15(8-9-15)19-12-5-2-1-3-6-12/h1-3,5-6,13,16H,4,7-11H2,(H,17,18). The first-order valence-corrected chi connectivity index (χ1v) is 7.84. The third-order valence-electron chi connectivity index (χ3n) is 3.85. The maximum absolute atomic E-state index is 12.0. The van der Waals surface area contributed by atoms with Crippen molar-refractivity contribution in [3.8, 4) is 0 Å². The molecule has 0 spiro atoms. The van der Waals surface area contributed by atoms with Crippen LogP contribution in [0.25, 0.3) is 0 Å². The number of thioether (sulfide) groups is 1. The van der Waals surface area contributed by atoms with Crippen LogP contribution in [0.3, 0.4) is 0 Å². The Morgan fingerprint density at radius 2 is 2.16 bits per heavy atom. The Hall–Kier alpha value is -1.00. The molecule has 102 valence electrons. The molecule has 2 N–H and O–H groups in total. The molecule has 0 aromatic heterocycles. The zero-order chi connectivity index (χ0) is 13.1. The molecule has 0 bridgehead atoms. The second-order valence-electron chi connectivity index (χ2n) is 5.46. The van der Waals surface area contributed by atoms with Gasteiger partial charge in [-0.1, -0.05) is 18.2 Å². The Balaban J connectivity index is 1.50. The first kappa shape index (κ1) is 13.0. The van der Waals surface area contributed by atoms with E-state index < -0.39 is 0 Å². The Bertz CT molecular complexity index is 439. The molecule has 1 aromatic carbocycles. The first-order chi connectivity index (χ1) is 9.27. The van der Waals surface area contributed by atoms with Crippen molar-refractivity contribution in [3.63, 3.8) is 0 Å². The fourth-order valence-electron chi connectivity index (χ4n) is 2.47. The number of hydrogen-bond donors (Lipinski definition) is 2. The maximum atomic E-state index is 12.0. The average molecular weight is 276 g/mol. The summed E-state index contributed by atoms with van der Waals surface area (Å²) in [6.45, 7) is 1.77. The highest BCUT2D eigenvalue weighted by molar-refractivity contribution is 8.01. The number of carbonyl (C=O) groups is 1. The molecule has 1 aliphatic heterocycles. The number of nitrogens with one attached hydrogen (secondary N) is 2. The number of hydrogen-bond acceptors (Lipinski definition) is 3. The molecule has 1 aliphatic carbocycles. The van der Waals surface area contributed by atoms with E-state index in [2.05, 4.69) is 34.9 Å². The molecule has 2 fully saturated rings. The molecule has 1 amide bonds. The van der Waals surface area contributed by atoms with E-state index >= 15 is 0 Å². The van der Waals surface area contributed by atoms with Crippen molar-refractivity contribution in [3.05, 3.63) is 30.3 Å². The molecule has 1 atom stereocenters. The SMILES string of the molecule is O=C(NCC1(Sc2ccccc2)CC1)C1CCCN1. The lowest BCUT2D eigenvalue weighted by Gasteiger charge is -2.17. The molecular weight excluding hydrogens is 256 g/mol. The van der Waals surface area contributed by atoms with Crippen molar-refractivity contribution in [2.45, 2.75) is 41.4 Å². The molecule has 0 radical (unpaired) electrons. The number of benzene rings is 1. The van der Waals surface area contributed by atoms with Crippen molar-refractivity contribution in [1.82, 2.24) is 10.6 Å². The van der Waals surface area contributed by atoms with Crippen molar-refractivity contribution < 1.29 is 4.79 Å². The molecule has 1 saturated carbocycles. The summed E-state index contributed by atoms with van der Waals surface area (Å²) >= 11 is 1.91. The molecule has 1 unspecified atom stereocenters. The van der Waals surface area contributed by atoms with E-state index in [1.807, 2.05) is 17.8 Å². The van der Waals surface area contributed by atoms with Gasteiger partial charge in [0.1, 0.15) is 0 Å². The van der Waals surface area contributed by atoms with Crippen molar-refractivity contribution in [1.29, 1.82) is 0 Å². The van der Waals surface area contributed by atoms with Crippen LogP contribution in [0.1, 0.15) is 25.7 Å². The van der Waals surface area contributed by atoms with Gasteiger partial charge in [-0.25, -0.2) is 0 Å². The van der Waals surface area contributed by atoms with Crippen LogP contribution in [0, 0.1) is 0 Å². The van der Waals surface area contributed by atoms with Gasteiger partial charge < -0.3 is 10.6 Å². The quantitative estimate of drug-likeness (QED) is 0.866. The van der Waals surface area contributed by atoms with Gasteiger partial charge in [0.05, 0.1) is 6.04 Å². The summed E-state index contributed by atoms with van der Waals surface area (Å²) in [5.41, 5.74) is 0. The summed E-state index contributed by atoms with van der Waals surface area (Å²) < 4.78 is 0.246. The lowest BCUT2D eigenvalue weighted by Crippen LogP contribution is -2.43. The lowest BCUT2D eigenvalue weighted by molar-refractivity contribution is -0.122. The van der Waals surface area contributed by atoms with E-state index in [1.165, 1.54) is 17.7 Å². The van der Waals surface area contributed by atoms with Gasteiger partial charge in [-0.2, -0.15) is 0 Å². The van der Waals surface area contributed by atoms with Gasteiger partial charge in [-0.05, 0) is 44.4 Å². The molecule has 19 heavy (non-hydrogen) atoms. The fraction of sp³-hybridized carbons (Fsp3) is 0.533. The van der Waals surface area contributed by atoms with Crippen molar-refractivity contribution in [2.75, 3.05) is 13.1 Å². The minimum Gasteiger partial charge on any atom is -0.353 e. The van der Waals surface area contributed by atoms with Crippen LogP contribution in [-0.4, -0.2) is 29.8 Å². The molecule has 3 nitrogen and oxygen atoms in total. The number of amides is 1. The number of carbonyl (C=O) groups excluding carboxylic acids is 1. The largest absolute Gasteiger partial charge is 0.353 e. The summed E-state index contributed by atoms with van der Waals surface area (Å²) in [4.78, 5) is 13.3. The third kappa shape index (κ3) is 3.31. The zero-order valence-corrected chi connectivity index (χ0v) is 11.8. The molecule has 2 aliphatic rings. The Morgan fingerprint density at radius 3 is 2.79 bits per heavy atom. The minimum absolute atomic E-state index is 0.0394. The Labute approximate surface area is 118 Å². The zero-order valence-electron chi connectivity index (χ0n) is 11.0. The molecule has 1 heterocycles. The van der Waals surface area contributed by atoms with E-state index in [-0.39, 0.29) is 16.7 Å². The van der Waals surface area contributed by atoms with Crippen LogP contribution in [0.2, 0.25) is 0 Å². The molecule has 1 saturated heterocycles. The molecular formula is C15H20N2OS. The second-order valence-corrected chi connectivity index (χ2v) is 7.01. The summed E-state index contributed by atoms with van der Waals surface area (Å²) in [6, 6.07) is 10.5. The monoisotopic (exact) mass is 276 g/mol. The van der Waals surface area contributed by atoms with E-state index in [0.29, 0.717) is 0 Å².